The Kier molecular flexibility index (Phi) is 7.36. The van der Waals surface area contributed by atoms with Gasteiger partial charge in [-0.2, -0.15) is 0 Å². The van der Waals surface area contributed by atoms with E-state index in [4.69, 9.17) is 11.6 Å². The van der Waals surface area contributed by atoms with Crippen molar-refractivity contribution < 1.29 is 0 Å². The first kappa shape index (κ1) is 18.5. The van der Waals surface area contributed by atoms with Gasteiger partial charge in [-0.3, -0.25) is 9.98 Å². The van der Waals surface area contributed by atoms with E-state index in [9.17, 15) is 0 Å². The average Bonchev–Trinajstić information content (AvgIpc) is 2.49. The molecule has 1 rings (SSSR count). The summed E-state index contributed by atoms with van der Waals surface area (Å²) in [6.07, 6.45) is 2.46. The highest BCUT2D eigenvalue weighted by molar-refractivity contribution is 8.07. The molecule has 0 spiro atoms. The fraction of sp³-hybridized carbons (Fsp3) is 0.222. The third-order valence-electron chi connectivity index (χ3n) is 2.78. The van der Waals surface area contributed by atoms with Crippen molar-refractivity contribution in [2.45, 2.75) is 27.2 Å². The Morgan fingerprint density at radius 1 is 1.27 bits per heavy atom. The fourth-order valence-corrected chi connectivity index (χ4v) is 2.72. The Labute approximate surface area is 142 Å². The molecule has 4 heteroatoms. The number of nitrogens with zero attached hydrogens (tertiary/aromatic N) is 2. The van der Waals surface area contributed by atoms with Crippen LogP contribution in [-0.2, 0) is 0 Å². The van der Waals surface area contributed by atoms with E-state index in [-0.39, 0.29) is 0 Å². The smallest absolute Gasteiger partial charge is 0.0880 e. The number of hydrogen-bond acceptors (Lipinski definition) is 3. The summed E-state index contributed by atoms with van der Waals surface area (Å²) in [4.78, 5) is 10.7. The normalized spacial score (nSPS) is 12.6. The van der Waals surface area contributed by atoms with Gasteiger partial charge in [0.2, 0.25) is 0 Å². The van der Waals surface area contributed by atoms with Gasteiger partial charge >= 0.3 is 0 Å². The minimum Gasteiger partial charge on any atom is -0.255 e. The monoisotopic (exact) mass is 332 g/mol. The van der Waals surface area contributed by atoms with Crippen LogP contribution in [0.5, 0.6) is 0 Å². The molecule has 1 aromatic heterocycles. The Balaban J connectivity index is 3.11. The molecule has 1 heterocycles. The van der Waals surface area contributed by atoms with Crippen LogP contribution in [0, 0.1) is 0 Å². The van der Waals surface area contributed by atoms with Crippen molar-refractivity contribution in [3.63, 3.8) is 0 Å². The quantitative estimate of drug-likeness (QED) is 0.439. The lowest BCUT2D eigenvalue weighted by Crippen LogP contribution is -2.03. The van der Waals surface area contributed by atoms with Gasteiger partial charge in [-0.25, -0.2) is 0 Å². The van der Waals surface area contributed by atoms with Gasteiger partial charge in [-0.05, 0) is 37.3 Å². The van der Waals surface area contributed by atoms with Crippen molar-refractivity contribution in [3.05, 3.63) is 70.2 Å². The second-order valence-electron chi connectivity index (χ2n) is 4.72. The second-order valence-corrected chi connectivity index (χ2v) is 6.60. The van der Waals surface area contributed by atoms with E-state index in [1.165, 1.54) is 11.8 Å². The first-order chi connectivity index (χ1) is 10.4. The molecule has 2 nitrogen and oxygen atoms in total. The summed E-state index contributed by atoms with van der Waals surface area (Å²) in [5.41, 5.74) is 3.02. The van der Waals surface area contributed by atoms with Crippen LogP contribution < -0.4 is 0 Å². The summed E-state index contributed by atoms with van der Waals surface area (Å²) < 4.78 is 0. The van der Waals surface area contributed by atoms with Crippen LogP contribution in [0.1, 0.15) is 32.9 Å². The summed E-state index contributed by atoms with van der Waals surface area (Å²) in [5, 5.41) is 0.683. The maximum Gasteiger partial charge on any atom is 0.0880 e. The lowest BCUT2D eigenvalue weighted by Gasteiger charge is -2.14. The molecule has 1 aromatic rings. The number of pyridine rings is 1. The molecule has 116 valence electrons. The molecule has 0 aliphatic rings. The summed E-state index contributed by atoms with van der Waals surface area (Å²) in [7, 11) is 0. The van der Waals surface area contributed by atoms with E-state index in [0.717, 1.165) is 33.2 Å². The molecule has 0 radical (unpaired) electrons. The maximum atomic E-state index is 6.20. The molecule has 22 heavy (non-hydrogen) atoms. The molecule has 0 amide bonds. The van der Waals surface area contributed by atoms with Crippen molar-refractivity contribution in [2.24, 2.45) is 4.99 Å². The summed E-state index contributed by atoms with van der Waals surface area (Å²) in [5.74, 6) is 0. The second kappa shape index (κ2) is 8.76. The number of allylic oxidation sites excluding steroid dienone is 3. The summed E-state index contributed by atoms with van der Waals surface area (Å²) >= 11 is 7.71. The topological polar surface area (TPSA) is 25.2 Å². The van der Waals surface area contributed by atoms with Gasteiger partial charge in [0.1, 0.15) is 0 Å². The SMILES string of the molecule is C=C(C)S/C(C(=C)C(CC)=NC(=C)c1ccccn1)=C(\C)Cl. The van der Waals surface area contributed by atoms with Crippen LogP contribution in [0.25, 0.3) is 5.70 Å². The van der Waals surface area contributed by atoms with E-state index in [2.05, 4.69) is 29.7 Å². The molecule has 0 atom stereocenters. The van der Waals surface area contributed by atoms with Crippen LogP contribution in [0.4, 0.5) is 0 Å². The Morgan fingerprint density at radius 3 is 2.41 bits per heavy atom. The molecule has 0 saturated carbocycles. The Morgan fingerprint density at radius 2 is 1.95 bits per heavy atom. The Bertz CT molecular complexity index is 638. The molecule has 0 fully saturated rings. The highest BCUT2D eigenvalue weighted by Gasteiger charge is 2.13. The molecule has 0 aromatic carbocycles. The lowest BCUT2D eigenvalue weighted by atomic mass is 10.1. The zero-order valence-electron chi connectivity index (χ0n) is 13.3. The minimum absolute atomic E-state index is 0.616. The van der Waals surface area contributed by atoms with Gasteiger partial charge in [0.05, 0.1) is 11.4 Å². The first-order valence-corrected chi connectivity index (χ1v) is 8.13. The number of thioether (sulfide) groups is 1. The molecule has 0 bridgehead atoms. The van der Waals surface area contributed by atoms with Crippen LogP contribution in [0.2, 0.25) is 0 Å². The van der Waals surface area contributed by atoms with Gasteiger partial charge in [-0.1, -0.05) is 56.1 Å². The zero-order valence-corrected chi connectivity index (χ0v) is 14.9. The number of halogens is 1. The number of rotatable bonds is 7. The fourth-order valence-electron chi connectivity index (χ4n) is 1.76. The van der Waals surface area contributed by atoms with Crippen LogP contribution in [0.3, 0.4) is 0 Å². The molecule has 0 aliphatic carbocycles. The van der Waals surface area contributed by atoms with E-state index < -0.39 is 0 Å². The molecule has 0 unspecified atom stereocenters. The third-order valence-corrected chi connectivity index (χ3v) is 4.18. The third kappa shape index (κ3) is 5.32. The Hall–Kier alpha value is -1.58. The van der Waals surface area contributed by atoms with Gasteiger partial charge < -0.3 is 0 Å². The largest absolute Gasteiger partial charge is 0.255 e. The molecular formula is C18H21ClN2S. The predicted octanol–water partition coefficient (Wildman–Crippen LogP) is 6.20. The summed E-state index contributed by atoms with van der Waals surface area (Å²) in [6.45, 7) is 17.9. The zero-order chi connectivity index (χ0) is 16.7. The van der Waals surface area contributed by atoms with Gasteiger partial charge in [0, 0.05) is 27.4 Å². The van der Waals surface area contributed by atoms with Crippen molar-refractivity contribution in [2.75, 3.05) is 0 Å². The van der Waals surface area contributed by atoms with Crippen molar-refractivity contribution in [1.29, 1.82) is 0 Å². The average molecular weight is 333 g/mol. The number of aliphatic imine (C=N–C) groups is 1. The van der Waals surface area contributed by atoms with E-state index in [0.29, 0.717) is 10.7 Å². The standard InChI is InChI=1S/C18H21ClN2S/c1-7-16(13(4)18(14(5)19)22-12(2)3)21-15(6)17-10-8-9-11-20-17/h8-11H,2,4,6-7H2,1,3,5H3/b18-14+,21-16?. The molecule has 0 aliphatic heterocycles. The number of aromatic nitrogens is 1. The molecule has 0 saturated heterocycles. The lowest BCUT2D eigenvalue weighted by molar-refractivity contribution is 1.23. The van der Waals surface area contributed by atoms with Gasteiger partial charge in [0.15, 0.2) is 0 Å². The van der Waals surface area contributed by atoms with Gasteiger partial charge in [-0.15, -0.1) is 0 Å². The first-order valence-electron chi connectivity index (χ1n) is 6.94. The van der Waals surface area contributed by atoms with Crippen LogP contribution in [-0.4, -0.2) is 10.7 Å². The molecule has 0 N–H and O–H groups in total. The van der Waals surface area contributed by atoms with E-state index in [1.807, 2.05) is 39.0 Å². The summed E-state index contributed by atoms with van der Waals surface area (Å²) in [6, 6.07) is 5.66. The minimum atomic E-state index is 0.616. The predicted molar refractivity (Wildman–Crippen MR) is 101 cm³/mol. The van der Waals surface area contributed by atoms with Crippen LogP contribution in [0.15, 0.2) is 69.5 Å². The van der Waals surface area contributed by atoms with E-state index in [1.54, 1.807) is 6.20 Å². The van der Waals surface area contributed by atoms with E-state index >= 15 is 0 Å². The highest BCUT2D eigenvalue weighted by atomic mass is 35.5. The highest BCUT2D eigenvalue weighted by Crippen LogP contribution is 2.34. The van der Waals surface area contributed by atoms with Crippen molar-refractivity contribution in [1.82, 2.24) is 4.98 Å². The van der Waals surface area contributed by atoms with Crippen LogP contribution >= 0.6 is 23.4 Å². The number of hydrogen-bond donors (Lipinski definition) is 0. The van der Waals surface area contributed by atoms with Gasteiger partial charge in [0.25, 0.3) is 0 Å². The molecular weight excluding hydrogens is 312 g/mol. The van der Waals surface area contributed by atoms with Crippen molar-refractivity contribution >= 4 is 34.8 Å². The van der Waals surface area contributed by atoms with Crippen molar-refractivity contribution in [3.8, 4) is 0 Å². The maximum absolute atomic E-state index is 6.20.